The van der Waals surface area contributed by atoms with Gasteiger partial charge >= 0.3 is 5.97 Å². The molecule has 0 bridgehead atoms. The third-order valence-corrected chi connectivity index (χ3v) is 6.94. The van der Waals surface area contributed by atoms with E-state index in [9.17, 15) is 9.90 Å². The molecule has 0 spiro atoms. The van der Waals surface area contributed by atoms with Crippen molar-refractivity contribution in [3.05, 3.63) is 68.5 Å². The number of benzene rings is 1. The second-order valence-corrected chi connectivity index (χ2v) is 10.2. The lowest BCUT2D eigenvalue weighted by Crippen LogP contribution is -2.26. The molecule has 3 rings (SSSR count). The number of hydrogen-bond donors (Lipinski definition) is 2. The lowest BCUT2D eigenvalue weighted by atomic mass is 9.88. The zero-order valence-corrected chi connectivity index (χ0v) is 22.0. The van der Waals surface area contributed by atoms with E-state index in [1.165, 1.54) is 5.57 Å². The summed E-state index contributed by atoms with van der Waals surface area (Å²) >= 11 is 12.4. The average Bonchev–Trinajstić information content (AvgIpc) is 3.10. The maximum atomic E-state index is 12.1. The number of aromatic nitrogens is 1. The van der Waals surface area contributed by atoms with E-state index in [0.29, 0.717) is 22.4 Å². The molecule has 0 radical (unpaired) electrons. The number of halogens is 2. The number of nitrogens with zero attached hydrogens (tertiary/aromatic N) is 2. The van der Waals surface area contributed by atoms with Crippen molar-refractivity contribution in [2.75, 3.05) is 6.54 Å². The minimum absolute atomic E-state index is 0.115. The quantitative estimate of drug-likeness (QED) is 0.399. The number of aliphatic imine (C=N–C) groups is 1. The first-order chi connectivity index (χ1) is 16.1. The van der Waals surface area contributed by atoms with Gasteiger partial charge in [-0.25, -0.2) is 0 Å². The first kappa shape index (κ1) is 26.2. The van der Waals surface area contributed by atoms with Gasteiger partial charge in [-0.1, -0.05) is 56.1 Å². The smallest absolute Gasteiger partial charge is 0.308 e. The molecule has 1 aromatic heterocycles. The molecule has 2 aromatic rings. The van der Waals surface area contributed by atoms with Crippen LogP contribution >= 0.6 is 23.2 Å². The number of pyridine rings is 1. The summed E-state index contributed by atoms with van der Waals surface area (Å²) in [6.07, 6.45) is 2.18. The molecular weight excluding hydrogens is 469 g/mol. The first-order valence-electron chi connectivity index (χ1n) is 11.8. The summed E-state index contributed by atoms with van der Waals surface area (Å²) in [6.45, 7) is 10.6. The third-order valence-electron chi connectivity index (χ3n) is 6.20. The van der Waals surface area contributed by atoms with Crippen molar-refractivity contribution in [1.82, 2.24) is 10.3 Å². The van der Waals surface area contributed by atoms with Gasteiger partial charge in [0.1, 0.15) is 5.84 Å². The second-order valence-electron chi connectivity index (χ2n) is 9.38. The molecule has 0 saturated heterocycles. The van der Waals surface area contributed by atoms with E-state index < -0.39 is 11.9 Å². The van der Waals surface area contributed by atoms with Crippen LogP contribution < -0.4 is 5.32 Å². The van der Waals surface area contributed by atoms with Crippen molar-refractivity contribution in [2.24, 2.45) is 22.7 Å². The lowest BCUT2D eigenvalue weighted by Gasteiger charge is -2.16. The minimum Gasteiger partial charge on any atom is -0.481 e. The van der Waals surface area contributed by atoms with E-state index in [1.54, 1.807) is 6.07 Å². The van der Waals surface area contributed by atoms with Gasteiger partial charge < -0.3 is 10.4 Å². The molecule has 2 N–H and O–H groups in total. The summed E-state index contributed by atoms with van der Waals surface area (Å²) < 4.78 is 0. The molecule has 0 fully saturated rings. The Bertz CT molecular complexity index is 1120. The van der Waals surface area contributed by atoms with Gasteiger partial charge in [0, 0.05) is 23.0 Å². The van der Waals surface area contributed by atoms with Crippen molar-refractivity contribution in [1.29, 1.82) is 0 Å². The Morgan fingerprint density at radius 1 is 1.15 bits per heavy atom. The Kier molecular flexibility index (Phi) is 8.78. The molecule has 2 heterocycles. The van der Waals surface area contributed by atoms with Crippen LogP contribution in [-0.2, 0) is 11.2 Å². The molecule has 1 aliphatic rings. The topological polar surface area (TPSA) is 74.6 Å². The van der Waals surface area contributed by atoms with Crippen LogP contribution in [0, 0.1) is 31.6 Å². The van der Waals surface area contributed by atoms with Gasteiger partial charge in [-0.05, 0) is 73.9 Å². The largest absolute Gasteiger partial charge is 0.481 e. The summed E-state index contributed by atoms with van der Waals surface area (Å²) in [5, 5.41) is 14.4. The van der Waals surface area contributed by atoms with E-state index in [4.69, 9.17) is 28.2 Å². The number of carboxylic acid groups (broad SMARTS) is 1. The number of hydrogen-bond acceptors (Lipinski definition) is 3. The summed E-state index contributed by atoms with van der Waals surface area (Å²) in [5.74, 6) is -0.0759. The van der Waals surface area contributed by atoms with Crippen molar-refractivity contribution in [3.63, 3.8) is 0 Å². The Morgan fingerprint density at radius 3 is 2.47 bits per heavy atom. The van der Waals surface area contributed by atoms with Crippen LogP contribution in [0.4, 0.5) is 0 Å². The average molecular weight is 502 g/mol. The normalized spacial score (nSPS) is 18.0. The minimum atomic E-state index is -0.851. The molecule has 0 saturated carbocycles. The van der Waals surface area contributed by atoms with Gasteiger partial charge in [0.2, 0.25) is 0 Å². The number of nitrogens with one attached hydrogen (secondary N) is 1. The molecule has 5 nitrogen and oxygen atoms in total. The van der Waals surface area contributed by atoms with E-state index >= 15 is 0 Å². The fourth-order valence-electron chi connectivity index (χ4n) is 4.45. The maximum absolute atomic E-state index is 12.1. The van der Waals surface area contributed by atoms with E-state index in [2.05, 4.69) is 31.1 Å². The standard InChI is InChI=1S/C27H33Cl2N3O2/c1-6-21-22(11-15(2)3)25(19-9-10-23(28)24(29)13-19)32-26(21)30-14-20(27(33)34)12-18-8-7-16(4)31-17(18)5/h7-10,13,15,20-21H,6,11-12,14H2,1-5H3,(H,30,32)(H,33,34). The molecule has 7 heteroatoms. The van der Waals surface area contributed by atoms with Crippen molar-refractivity contribution in [2.45, 2.75) is 53.9 Å². The lowest BCUT2D eigenvalue weighted by molar-refractivity contribution is -0.141. The Balaban J connectivity index is 1.89. The van der Waals surface area contributed by atoms with Crippen molar-refractivity contribution < 1.29 is 9.90 Å². The number of aliphatic carboxylic acids is 1. The fraction of sp³-hybridized carbons (Fsp3) is 0.444. The van der Waals surface area contributed by atoms with Gasteiger partial charge in [-0.15, -0.1) is 0 Å². The molecule has 34 heavy (non-hydrogen) atoms. The van der Waals surface area contributed by atoms with Crippen molar-refractivity contribution >= 4 is 40.7 Å². The van der Waals surface area contributed by atoms with Crippen LogP contribution in [0.2, 0.25) is 10.0 Å². The maximum Gasteiger partial charge on any atom is 0.308 e. The molecule has 182 valence electrons. The highest BCUT2D eigenvalue weighted by Gasteiger charge is 2.31. The number of amidine groups is 1. The van der Waals surface area contributed by atoms with E-state index in [1.807, 2.05) is 38.1 Å². The van der Waals surface area contributed by atoms with E-state index in [-0.39, 0.29) is 12.5 Å². The van der Waals surface area contributed by atoms with Gasteiger partial charge in [-0.2, -0.15) is 0 Å². The van der Waals surface area contributed by atoms with Crippen LogP contribution in [0.5, 0.6) is 0 Å². The molecular formula is C27H33Cl2N3O2. The highest BCUT2D eigenvalue weighted by Crippen LogP contribution is 2.37. The van der Waals surface area contributed by atoms with Crippen LogP contribution in [0.15, 0.2) is 40.9 Å². The van der Waals surface area contributed by atoms with Gasteiger partial charge in [-0.3, -0.25) is 14.8 Å². The first-order valence-corrected chi connectivity index (χ1v) is 12.5. The van der Waals surface area contributed by atoms with Gasteiger partial charge in [0.25, 0.3) is 0 Å². The summed E-state index contributed by atoms with van der Waals surface area (Å²) in [4.78, 5) is 21.3. The summed E-state index contributed by atoms with van der Waals surface area (Å²) in [5.41, 5.74) is 5.98. The second kappa shape index (κ2) is 11.4. The molecule has 1 aliphatic heterocycles. The Hall–Kier alpha value is -2.37. The summed E-state index contributed by atoms with van der Waals surface area (Å²) in [7, 11) is 0. The highest BCUT2D eigenvalue weighted by atomic mass is 35.5. The number of carbonyl (C=O) groups is 1. The Morgan fingerprint density at radius 2 is 1.88 bits per heavy atom. The molecule has 1 aromatic carbocycles. The molecule has 2 atom stereocenters. The zero-order valence-electron chi connectivity index (χ0n) is 20.5. The van der Waals surface area contributed by atoms with Crippen LogP contribution in [0.3, 0.4) is 0 Å². The van der Waals surface area contributed by atoms with Crippen LogP contribution in [0.25, 0.3) is 5.70 Å². The fourth-order valence-corrected chi connectivity index (χ4v) is 4.75. The molecule has 0 amide bonds. The van der Waals surface area contributed by atoms with Crippen molar-refractivity contribution in [3.8, 4) is 0 Å². The van der Waals surface area contributed by atoms with E-state index in [0.717, 1.165) is 46.9 Å². The highest BCUT2D eigenvalue weighted by molar-refractivity contribution is 6.42. The SMILES string of the molecule is CCC1C(=NCC(Cc2ccc(C)nc2C)C(=O)O)NC(c2ccc(Cl)c(Cl)c2)=C1CC(C)C. The predicted molar refractivity (Wildman–Crippen MR) is 141 cm³/mol. The number of carboxylic acids is 1. The number of aryl methyl sites for hydroxylation is 2. The Labute approximate surface area is 212 Å². The van der Waals surface area contributed by atoms with Crippen LogP contribution in [-0.4, -0.2) is 28.4 Å². The van der Waals surface area contributed by atoms with Crippen LogP contribution in [0.1, 0.15) is 56.1 Å². The summed E-state index contributed by atoms with van der Waals surface area (Å²) in [6, 6.07) is 9.52. The predicted octanol–water partition coefficient (Wildman–Crippen LogP) is 6.73. The monoisotopic (exact) mass is 501 g/mol. The van der Waals surface area contributed by atoms with Gasteiger partial charge in [0.05, 0.1) is 22.5 Å². The zero-order chi connectivity index (χ0) is 25.0. The molecule has 2 unspecified atom stereocenters. The third kappa shape index (κ3) is 6.19. The van der Waals surface area contributed by atoms with Gasteiger partial charge in [0.15, 0.2) is 0 Å². The number of rotatable bonds is 9. The molecule has 0 aliphatic carbocycles.